The van der Waals surface area contributed by atoms with Crippen molar-refractivity contribution in [2.24, 2.45) is 10.7 Å². The minimum absolute atomic E-state index is 0.141. The Hall–Kier alpha value is -2.53. The molecule has 2 aromatic carbocycles. The number of aliphatic imine (C=N–C) groups is 1. The van der Waals surface area contributed by atoms with E-state index in [-0.39, 0.29) is 11.8 Å². The van der Waals surface area contributed by atoms with E-state index in [1.54, 1.807) is 55.6 Å². The number of hydrogen-bond acceptors (Lipinski definition) is 3. The summed E-state index contributed by atoms with van der Waals surface area (Å²) in [7, 11) is 1.59. The molecule has 114 valence electrons. The number of amides is 1. The molecule has 0 aromatic heterocycles. The van der Waals surface area contributed by atoms with Gasteiger partial charge in [0.2, 0.25) is 0 Å². The average Bonchev–Trinajstić information content (AvgIpc) is 2.55. The maximum Gasteiger partial charge on any atom is 0.255 e. The van der Waals surface area contributed by atoms with Crippen molar-refractivity contribution in [3.05, 3.63) is 54.1 Å². The fourth-order valence-corrected chi connectivity index (χ4v) is 1.85. The third kappa shape index (κ3) is 4.23. The number of methoxy groups -OCH3 is 1. The van der Waals surface area contributed by atoms with Gasteiger partial charge < -0.3 is 15.8 Å². The second-order valence-electron chi connectivity index (χ2n) is 4.47. The molecule has 3 N–H and O–H groups in total. The average molecular weight is 318 g/mol. The molecule has 6 heteroatoms. The summed E-state index contributed by atoms with van der Waals surface area (Å²) in [5.74, 6) is 0.939. The van der Waals surface area contributed by atoms with Gasteiger partial charge in [0.15, 0.2) is 0 Å². The van der Waals surface area contributed by atoms with Crippen LogP contribution < -0.4 is 15.8 Å². The lowest BCUT2D eigenvalue weighted by molar-refractivity contribution is 0.102. The lowest BCUT2D eigenvalue weighted by atomic mass is 10.2. The van der Waals surface area contributed by atoms with Gasteiger partial charge in [0.1, 0.15) is 11.6 Å². The van der Waals surface area contributed by atoms with E-state index in [1.807, 2.05) is 0 Å². The SMILES string of the molecule is COc1ccc(NC(=O)c2cccc(N=C(N)CCl)c2)cc1. The predicted octanol–water partition coefficient (Wildman–Crippen LogP) is 3.18. The maximum atomic E-state index is 12.2. The number of alkyl halides is 1. The normalized spacial score (nSPS) is 11.1. The standard InChI is InChI=1S/C16H16ClN3O2/c1-22-14-7-5-12(6-8-14)20-16(21)11-3-2-4-13(9-11)19-15(18)10-17/h2-9H,10H2,1H3,(H2,18,19)(H,20,21). The minimum atomic E-state index is -0.230. The van der Waals surface area contributed by atoms with E-state index in [2.05, 4.69) is 10.3 Å². The maximum absolute atomic E-state index is 12.2. The van der Waals surface area contributed by atoms with Crippen molar-refractivity contribution in [3.63, 3.8) is 0 Å². The Kier molecular flexibility index (Phi) is 5.38. The Morgan fingerprint density at radius 3 is 2.64 bits per heavy atom. The van der Waals surface area contributed by atoms with Crippen LogP contribution in [0, 0.1) is 0 Å². The molecule has 0 saturated heterocycles. The van der Waals surface area contributed by atoms with Gasteiger partial charge in [-0.05, 0) is 42.5 Å². The highest BCUT2D eigenvalue weighted by atomic mass is 35.5. The second kappa shape index (κ2) is 7.47. The topological polar surface area (TPSA) is 76.7 Å². The zero-order valence-electron chi connectivity index (χ0n) is 12.0. The van der Waals surface area contributed by atoms with Crippen LogP contribution >= 0.6 is 11.6 Å². The Morgan fingerprint density at radius 2 is 2.00 bits per heavy atom. The number of nitrogens with one attached hydrogen (secondary N) is 1. The number of halogens is 1. The summed E-state index contributed by atoms with van der Waals surface area (Å²) in [6.07, 6.45) is 0. The van der Waals surface area contributed by atoms with Gasteiger partial charge in [-0.25, -0.2) is 4.99 Å². The summed E-state index contributed by atoms with van der Waals surface area (Å²) in [5.41, 5.74) is 7.34. The van der Waals surface area contributed by atoms with Crippen molar-refractivity contribution in [1.29, 1.82) is 0 Å². The largest absolute Gasteiger partial charge is 0.497 e. The molecule has 0 aliphatic rings. The molecule has 0 fully saturated rings. The Bertz CT molecular complexity index is 684. The summed E-state index contributed by atoms with van der Waals surface area (Å²) in [6, 6.07) is 13.9. The van der Waals surface area contributed by atoms with E-state index in [9.17, 15) is 4.79 Å². The highest BCUT2D eigenvalue weighted by Gasteiger charge is 2.07. The van der Waals surface area contributed by atoms with Crippen LogP contribution in [-0.4, -0.2) is 24.7 Å². The number of ether oxygens (including phenoxy) is 1. The first-order valence-electron chi connectivity index (χ1n) is 6.57. The quantitative estimate of drug-likeness (QED) is 0.505. The van der Waals surface area contributed by atoms with Crippen molar-refractivity contribution in [1.82, 2.24) is 0 Å². The molecule has 22 heavy (non-hydrogen) atoms. The van der Waals surface area contributed by atoms with E-state index < -0.39 is 0 Å². The van der Waals surface area contributed by atoms with Gasteiger partial charge in [-0.3, -0.25) is 4.79 Å². The zero-order valence-corrected chi connectivity index (χ0v) is 12.8. The lowest BCUT2D eigenvalue weighted by Gasteiger charge is -2.07. The van der Waals surface area contributed by atoms with Gasteiger partial charge in [-0.1, -0.05) is 6.07 Å². The smallest absolute Gasteiger partial charge is 0.255 e. The molecular formula is C16H16ClN3O2. The summed E-state index contributed by atoms with van der Waals surface area (Å²) in [4.78, 5) is 16.3. The van der Waals surface area contributed by atoms with Gasteiger partial charge >= 0.3 is 0 Å². The van der Waals surface area contributed by atoms with Crippen molar-refractivity contribution in [2.75, 3.05) is 18.3 Å². The minimum Gasteiger partial charge on any atom is -0.497 e. The molecular weight excluding hydrogens is 302 g/mol. The van der Waals surface area contributed by atoms with Crippen LogP contribution in [0.25, 0.3) is 0 Å². The van der Waals surface area contributed by atoms with Crippen LogP contribution in [0.2, 0.25) is 0 Å². The molecule has 0 atom stereocenters. The molecule has 2 aromatic rings. The lowest BCUT2D eigenvalue weighted by Crippen LogP contribution is -2.13. The highest BCUT2D eigenvalue weighted by Crippen LogP contribution is 2.18. The first kappa shape index (κ1) is 15.9. The molecule has 5 nitrogen and oxygen atoms in total. The van der Waals surface area contributed by atoms with Gasteiger partial charge in [0.25, 0.3) is 5.91 Å². The van der Waals surface area contributed by atoms with Crippen LogP contribution in [-0.2, 0) is 0 Å². The van der Waals surface area contributed by atoms with Crippen LogP contribution in [0.3, 0.4) is 0 Å². The molecule has 0 unspecified atom stereocenters. The van der Waals surface area contributed by atoms with E-state index in [1.165, 1.54) is 0 Å². The Labute approximate surface area is 133 Å². The van der Waals surface area contributed by atoms with Crippen molar-refractivity contribution in [2.45, 2.75) is 0 Å². The van der Waals surface area contributed by atoms with Crippen LogP contribution in [0.5, 0.6) is 5.75 Å². The van der Waals surface area contributed by atoms with Gasteiger partial charge in [-0.15, -0.1) is 11.6 Å². The number of anilines is 1. The van der Waals surface area contributed by atoms with E-state index >= 15 is 0 Å². The Balaban J connectivity index is 2.13. The van der Waals surface area contributed by atoms with E-state index in [0.717, 1.165) is 5.75 Å². The van der Waals surface area contributed by atoms with Crippen molar-refractivity contribution >= 4 is 34.7 Å². The monoisotopic (exact) mass is 317 g/mol. The number of amidine groups is 1. The van der Waals surface area contributed by atoms with Gasteiger partial charge in [-0.2, -0.15) is 0 Å². The summed E-state index contributed by atoms with van der Waals surface area (Å²) < 4.78 is 5.07. The molecule has 0 aliphatic heterocycles. The third-order valence-electron chi connectivity index (χ3n) is 2.87. The van der Waals surface area contributed by atoms with Gasteiger partial charge in [0.05, 0.1) is 18.7 Å². The molecule has 1 amide bonds. The first-order valence-corrected chi connectivity index (χ1v) is 7.10. The number of nitrogens with zero attached hydrogens (tertiary/aromatic N) is 1. The third-order valence-corrected chi connectivity index (χ3v) is 3.14. The fraction of sp³-hybridized carbons (Fsp3) is 0.125. The van der Waals surface area contributed by atoms with E-state index in [0.29, 0.717) is 22.8 Å². The Morgan fingerprint density at radius 1 is 1.27 bits per heavy atom. The number of benzene rings is 2. The molecule has 0 radical (unpaired) electrons. The van der Waals surface area contributed by atoms with Crippen LogP contribution in [0.15, 0.2) is 53.5 Å². The number of carbonyl (C=O) groups excluding carboxylic acids is 1. The molecule has 0 bridgehead atoms. The second-order valence-corrected chi connectivity index (χ2v) is 4.74. The molecule has 2 rings (SSSR count). The van der Waals surface area contributed by atoms with Crippen LogP contribution in [0.4, 0.5) is 11.4 Å². The van der Waals surface area contributed by atoms with Gasteiger partial charge in [0, 0.05) is 11.3 Å². The molecule has 0 aliphatic carbocycles. The highest BCUT2D eigenvalue weighted by molar-refractivity contribution is 6.28. The number of nitrogens with two attached hydrogens (primary N) is 1. The summed E-state index contributed by atoms with van der Waals surface area (Å²) in [6.45, 7) is 0. The molecule has 0 saturated carbocycles. The number of carbonyl (C=O) groups is 1. The summed E-state index contributed by atoms with van der Waals surface area (Å²) in [5, 5.41) is 2.80. The number of hydrogen-bond donors (Lipinski definition) is 2. The van der Waals surface area contributed by atoms with Crippen LogP contribution in [0.1, 0.15) is 10.4 Å². The fourth-order valence-electron chi connectivity index (χ4n) is 1.79. The van der Waals surface area contributed by atoms with E-state index in [4.69, 9.17) is 22.1 Å². The molecule has 0 spiro atoms. The predicted molar refractivity (Wildman–Crippen MR) is 89.4 cm³/mol. The first-order chi connectivity index (χ1) is 10.6. The van der Waals surface area contributed by atoms with Crippen molar-refractivity contribution < 1.29 is 9.53 Å². The molecule has 0 heterocycles. The number of rotatable bonds is 5. The summed E-state index contributed by atoms with van der Waals surface area (Å²) >= 11 is 5.59. The zero-order chi connectivity index (χ0) is 15.9. The van der Waals surface area contributed by atoms with Crippen molar-refractivity contribution in [3.8, 4) is 5.75 Å².